The minimum Gasteiger partial charge on any atom is -0.424 e. The second kappa shape index (κ2) is 10.8. The molecule has 0 aromatic heterocycles. The van der Waals surface area contributed by atoms with Crippen molar-refractivity contribution in [2.75, 3.05) is 0 Å². The first-order chi connectivity index (χ1) is 15.2. The van der Waals surface area contributed by atoms with Crippen LogP contribution in [0.1, 0.15) is 11.1 Å². The monoisotopic (exact) mass is 530 g/mol. The average molecular weight is 533 g/mol. The number of hydrogen-bond donors (Lipinski definition) is 0. The normalized spacial score (nSPS) is 11.7. The molecule has 0 radical (unpaired) electrons. The third-order valence-corrected chi connectivity index (χ3v) is 5.69. The second-order valence-electron chi connectivity index (χ2n) is 6.82. The SMILES string of the molecule is Cc1cc(Cl)cc(Cl)c1OC(=O)C(Cc1ccccc1)C(=O)Oc1c(Cl)cc(Cl)cc1Cl. The Kier molecular flexibility index (Phi) is 8.32. The van der Waals surface area contributed by atoms with Crippen LogP contribution in [0.25, 0.3) is 0 Å². The maximum absolute atomic E-state index is 13.1. The van der Waals surface area contributed by atoms with E-state index in [0.29, 0.717) is 10.6 Å². The van der Waals surface area contributed by atoms with Crippen molar-refractivity contribution in [1.29, 1.82) is 0 Å². The molecule has 1 atom stereocenters. The van der Waals surface area contributed by atoms with Crippen LogP contribution in [0.15, 0.2) is 54.6 Å². The molecule has 0 bridgehead atoms. The molecule has 9 heteroatoms. The fraction of sp³-hybridized carbons (Fsp3) is 0.130. The Morgan fingerprint density at radius 1 is 0.750 bits per heavy atom. The number of carbonyl (C=O) groups is 2. The zero-order valence-electron chi connectivity index (χ0n) is 16.5. The summed E-state index contributed by atoms with van der Waals surface area (Å²) in [6, 6.07) is 14.7. The molecule has 3 aromatic carbocycles. The van der Waals surface area contributed by atoms with Crippen molar-refractivity contribution >= 4 is 69.9 Å². The van der Waals surface area contributed by atoms with Crippen molar-refractivity contribution in [3.05, 3.63) is 90.8 Å². The summed E-state index contributed by atoms with van der Waals surface area (Å²) in [5.41, 5.74) is 1.25. The van der Waals surface area contributed by atoms with E-state index in [2.05, 4.69) is 0 Å². The summed E-state index contributed by atoms with van der Waals surface area (Å²) in [6.07, 6.45) is 0.0194. The van der Waals surface area contributed by atoms with Gasteiger partial charge in [0.15, 0.2) is 17.4 Å². The molecule has 0 heterocycles. The summed E-state index contributed by atoms with van der Waals surface area (Å²) in [6.45, 7) is 1.68. The van der Waals surface area contributed by atoms with E-state index in [1.54, 1.807) is 37.3 Å². The average Bonchev–Trinajstić information content (AvgIpc) is 2.72. The van der Waals surface area contributed by atoms with Crippen LogP contribution in [0.5, 0.6) is 11.5 Å². The van der Waals surface area contributed by atoms with E-state index in [1.165, 1.54) is 18.2 Å². The predicted octanol–water partition coefficient (Wildman–Crippen LogP) is 7.63. The molecule has 0 aliphatic carbocycles. The van der Waals surface area contributed by atoms with Gasteiger partial charge in [-0.3, -0.25) is 9.59 Å². The van der Waals surface area contributed by atoms with E-state index in [4.69, 9.17) is 67.5 Å². The Morgan fingerprint density at radius 3 is 1.75 bits per heavy atom. The molecule has 3 aromatic rings. The summed E-state index contributed by atoms with van der Waals surface area (Å²) < 4.78 is 10.9. The van der Waals surface area contributed by atoms with Gasteiger partial charge in [-0.1, -0.05) is 88.3 Å². The van der Waals surface area contributed by atoms with Crippen LogP contribution in [0, 0.1) is 12.8 Å². The van der Waals surface area contributed by atoms with Crippen LogP contribution in [0.2, 0.25) is 25.1 Å². The summed E-state index contributed by atoms with van der Waals surface area (Å²) in [5.74, 6) is -3.07. The molecule has 0 amide bonds. The number of rotatable bonds is 6. The van der Waals surface area contributed by atoms with Crippen molar-refractivity contribution < 1.29 is 19.1 Å². The number of esters is 2. The second-order valence-corrected chi connectivity index (χ2v) is 8.91. The Hall–Kier alpha value is -1.95. The summed E-state index contributed by atoms with van der Waals surface area (Å²) in [5, 5.41) is 0.852. The Morgan fingerprint density at radius 2 is 1.22 bits per heavy atom. The molecule has 0 spiro atoms. The van der Waals surface area contributed by atoms with Gasteiger partial charge in [-0.05, 0) is 48.7 Å². The minimum atomic E-state index is -1.33. The lowest BCUT2D eigenvalue weighted by molar-refractivity contribution is -0.151. The summed E-state index contributed by atoms with van der Waals surface area (Å²) >= 11 is 30.3. The largest absolute Gasteiger partial charge is 0.424 e. The molecular weight excluding hydrogens is 518 g/mol. The Labute approximate surface area is 209 Å². The van der Waals surface area contributed by atoms with Crippen molar-refractivity contribution in [1.82, 2.24) is 0 Å². The van der Waals surface area contributed by atoms with E-state index in [1.807, 2.05) is 6.07 Å². The van der Waals surface area contributed by atoms with Crippen LogP contribution in [0.4, 0.5) is 0 Å². The highest BCUT2D eigenvalue weighted by Gasteiger charge is 2.33. The van der Waals surface area contributed by atoms with Crippen LogP contribution in [0.3, 0.4) is 0 Å². The standard InChI is InChI=1S/C23H15Cl5O4/c1-12-7-14(24)9-17(26)20(12)31-22(29)16(8-13-5-3-2-4-6-13)23(30)32-21-18(27)10-15(25)11-19(21)28/h2-7,9-11,16H,8H2,1H3. The first-order valence-corrected chi connectivity index (χ1v) is 11.1. The summed E-state index contributed by atoms with van der Waals surface area (Å²) in [4.78, 5) is 26.1. The van der Waals surface area contributed by atoms with E-state index >= 15 is 0 Å². The number of ether oxygens (including phenoxy) is 2. The maximum Gasteiger partial charge on any atom is 0.326 e. The first-order valence-electron chi connectivity index (χ1n) is 9.23. The van der Waals surface area contributed by atoms with Gasteiger partial charge in [0.25, 0.3) is 0 Å². The van der Waals surface area contributed by atoms with Crippen molar-refractivity contribution in [2.45, 2.75) is 13.3 Å². The van der Waals surface area contributed by atoms with Gasteiger partial charge in [0.1, 0.15) is 0 Å². The van der Waals surface area contributed by atoms with Gasteiger partial charge in [0.05, 0.1) is 15.1 Å². The molecule has 3 rings (SSSR count). The van der Waals surface area contributed by atoms with E-state index in [-0.39, 0.29) is 38.0 Å². The molecule has 0 saturated carbocycles. The maximum atomic E-state index is 13.1. The lowest BCUT2D eigenvalue weighted by atomic mass is 9.99. The highest BCUT2D eigenvalue weighted by Crippen LogP contribution is 2.37. The lowest BCUT2D eigenvalue weighted by Gasteiger charge is -2.18. The zero-order valence-corrected chi connectivity index (χ0v) is 20.3. The summed E-state index contributed by atoms with van der Waals surface area (Å²) in [7, 11) is 0. The van der Waals surface area contributed by atoms with Gasteiger partial charge < -0.3 is 9.47 Å². The van der Waals surface area contributed by atoms with Gasteiger partial charge in [-0.2, -0.15) is 0 Å². The van der Waals surface area contributed by atoms with Gasteiger partial charge >= 0.3 is 11.9 Å². The van der Waals surface area contributed by atoms with Crippen LogP contribution in [-0.2, 0) is 16.0 Å². The Balaban J connectivity index is 1.91. The van der Waals surface area contributed by atoms with Crippen LogP contribution in [-0.4, -0.2) is 11.9 Å². The Bertz CT molecular complexity index is 1050. The first kappa shape index (κ1) is 24.7. The molecule has 166 valence electrons. The highest BCUT2D eigenvalue weighted by atomic mass is 35.5. The quantitative estimate of drug-likeness (QED) is 0.186. The highest BCUT2D eigenvalue weighted by molar-refractivity contribution is 6.40. The van der Waals surface area contributed by atoms with E-state index < -0.39 is 17.9 Å². The fourth-order valence-electron chi connectivity index (χ4n) is 2.90. The third kappa shape index (κ3) is 6.09. The van der Waals surface area contributed by atoms with E-state index in [9.17, 15) is 9.59 Å². The van der Waals surface area contributed by atoms with Gasteiger partial charge in [0, 0.05) is 10.0 Å². The van der Waals surface area contributed by atoms with Crippen molar-refractivity contribution in [3.63, 3.8) is 0 Å². The molecule has 1 unspecified atom stereocenters. The van der Waals surface area contributed by atoms with Gasteiger partial charge in [-0.25, -0.2) is 0 Å². The molecule has 0 aliphatic rings. The zero-order chi connectivity index (χ0) is 23.4. The number of benzene rings is 3. The molecule has 0 saturated heterocycles. The molecule has 0 N–H and O–H groups in total. The number of halogens is 5. The lowest BCUT2D eigenvalue weighted by Crippen LogP contribution is -2.33. The van der Waals surface area contributed by atoms with Crippen LogP contribution < -0.4 is 9.47 Å². The molecule has 4 nitrogen and oxygen atoms in total. The third-order valence-electron chi connectivity index (χ3n) is 4.41. The topological polar surface area (TPSA) is 52.6 Å². The van der Waals surface area contributed by atoms with E-state index in [0.717, 1.165) is 5.56 Å². The van der Waals surface area contributed by atoms with Gasteiger partial charge in [-0.15, -0.1) is 0 Å². The van der Waals surface area contributed by atoms with Crippen LogP contribution >= 0.6 is 58.0 Å². The van der Waals surface area contributed by atoms with Crippen molar-refractivity contribution in [2.24, 2.45) is 5.92 Å². The number of hydrogen-bond acceptors (Lipinski definition) is 4. The fourth-order valence-corrected chi connectivity index (χ4v) is 4.43. The predicted molar refractivity (Wildman–Crippen MR) is 128 cm³/mol. The molecule has 0 aliphatic heterocycles. The minimum absolute atomic E-state index is 0.0194. The number of carbonyl (C=O) groups excluding carboxylic acids is 2. The van der Waals surface area contributed by atoms with Crippen molar-refractivity contribution in [3.8, 4) is 11.5 Å². The smallest absolute Gasteiger partial charge is 0.326 e. The number of aryl methyl sites for hydroxylation is 1. The molecular formula is C23H15Cl5O4. The molecule has 0 fully saturated rings. The van der Waals surface area contributed by atoms with Gasteiger partial charge in [0.2, 0.25) is 0 Å². The molecule has 32 heavy (non-hydrogen) atoms.